The summed E-state index contributed by atoms with van der Waals surface area (Å²) in [5, 5.41) is 3.01. The van der Waals surface area contributed by atoms with Gasteiger partial charge in [0.15, 0.2) is 5.78 Å². The second-order valence-corrected chi connectivity index (χ2v) is 14.1. The molecule has 1 N–H and O–H groups in total. The molecule has 0 spiro atoms. The summed E-state index contributed by atoms with van der Waals surface area (Å²) in [4.78, 5) is 19.6. The molecule has 1 aliphatic heterocycles. The number of ketones is 1. The number of likely N-dealkylation sites (N-methyl/N-ethyl adjacent to an activating group) is 1. The minimum atomic E-state index is 0.227. The van der Waals surface area contributed by atoms with E-state index >= 15 is 0 Å². The predicted molar refractivity (Wildman–Crippen MR) is 199 cm³/mol. The van der Waals surface area contributed by atoms with Crippen LogP contribution in [0.25, 0.3) is 4.91 Å². The number of carbonyl (C=O) groups is 1. The van der Waals surface area contributed by atoms with E-state index in [2.05, 4.69) is 82.2 Å². The summed E-state index contributed by atoms with van der Waals surface area (Å²) < 4.78 is 0. The summed E-state index contributed by atoms with van der Waals surface area (Å²) >= 11 is 3.90. The van der Waals surface area contributed by atoms with E-state index in [0.717, 1.165) is 24.2 Å². The van der Waals surface area contributed by atoms with Gasteiger partial charge < -0.3 is 10.2 Å². The highest BCUT2D eigenvalue weighted by molar-refractivity contribution is 8.08. The van der Waals surface area contributed by atoms with Crippen molar-refractivity contribution in [1.29, 1.82) is 0 Å². The summed E-state index contributed by atoms with van der Waals surface area (Å²) in [5.74, 6) is 0.227. The molecule has 0 fully saturated rings. The molecule has 3 nitrogen and oxygen atoms in total. The Kier molecular flexibility index (Phi) is 18.4. The van der Waals surface area contributed by atoms with Gasteiger partial charge >= 0.3 is 0 Å². The highest BCUT2D eigenvalue weighted by atomic mass is 32.2. The van der Waals surface area contributed by atoms with Crippen molar-refractivity contribution in [3.63, 3.8) is 0 Å². The topological polar surface area (TPSA) is 32.3 Å². The lowest BCUT2D eigenvalue weighted by molar-refractivity contribution is 0.0981. The normalized spacial score (nSPS) is 12.9. The number of unbranched alkanes of at least 4 members (excludes halogenated alkanes) is 6. The highest BCUT2D eigenvalue weighted by Crippen LogP contribution is 2.43. The molecule has 0 amide bonds. The van der Waals surface area contributed by atoms with Crippen LogP contribution in [0.5, 0.6) is 0 Å². The van der Waals surface area contributed by atoms with E-state index in [9.17, 15) is 4.79 Å². The van der Waals surface area contributed by atoms with Gasteiger partial charge in [-0.05, 0) is 82.1 Å². The third-order valence-corrected chi connectivity index (χ3v) is 10.4. The zero-order valence-corrected chi connectivity index (χ0v) is 30.5. The van der Waals surface area contributed by atoms with Gasteiger partial charge in [0, 0.05) is 62.9 Å². The summed E-state index contributed by atoms with van der Waals surface area (Å²) in [6.45, 7) is 15.5. The van der Waals surface area contributed by atoms with Crippen LogP contribution in [0.1, 0.15) is 122 Å². The maximum atomic E-state index is 11.4. The van der Waals surface area contributed by atoms with Gasteiger partial charge in [-0.25, -0.2) is 0 Å². The summed E-state index contributed by atoms with van der Waals surface area (Å²) in [6.07, 6.45) is 15.0. The largest absolute Gasteiger partial charge is 0.388 e. The minimum absolute atomic E-state index is 0.227. The van der Waals surface area contributed by atoms with Crippen molar-refractivity contribution >= 4 is 39.5 Å². The smallest absolute Gasteiger partial charge is 0.162 e. The van der Waals surface area contributed by atoms with Crippen molar-refractivity contribution in [2.75, 3.05) is 26.0 Å². The number of nitrogens with one attached hydrogen (secondary N) is 1. The first-order chi connectivity index (χ1) is 21.3. The Bertz CT molecular complexity index is 1270. The molecule has 1 aromatic heterocycles. The van der Waals surface area contributed by atoms with Gasteiger partial charge in [0.05, 0.1) is 0 Å². The molecule has 0 unspecified atom stereocenters. The van der Waals surface area contributed by atoms with Crippen LogP contribution in [0.3, 0.4) is 0 Å². The molecule has 0 saturated heterocycles. The molecular weight excluding hydrogens is 577 g/mol. The molecule has 0 saturated carbocycles. The van der Waals surface area contributed by atoms with Crippen molar-refractivity contribution in [2.24, 2.45) is 0 Å². The lowest BCUT2D eigenvalue weighted by Crippen LogP contribution is -2.25. The molecule has 0 bridgehead atoms. The van der Waals surface area contributed by atoms with Crippen LogP contribution in [-0.2, 0) is 13.0 Å². The maximum Gasteiger partial charge on any atom is 0.162 e. The number of hydrogen-bond acceptors (Lipinski definition) is 5. The number of Topliss-reactive ketones (excluding diaryl/α,β-unsaturated/α-hetero) is 1. The van der Waals surface area contributed by atoms with E-state index in [1.807, 2.05) is 61.3 Å². The molecular formula is C39H58N2OS2. The summed E-state index contributed by atoms with van der Waals surface area (Å²) in [5.41, 5.74) is 6.29. The van der Waals surface area contributed by atoms with Gasteiger partial charge in [-0.15, -0.1) is 11.3 Å². The Morgan fingerprint density at radius 3 is 2.14 bits per heavy atom. The number of thiophene rings is 1. The second kappa shape index (κ2) is 21.4. The maximum absolute atomic E-state index is 11.4. The molecule has 0 atom stereocenters. The fraction of sp³-hybridized carbons (Fsp3) is 0.513. The Labute approximate surface area is 277 Å². The monoisotopic (exact) mass is 634 g/mol. The van der Waals surface area contributed by atoms with Crippen LogP contribution in [0.4, 0.5) is 5.69 Å². The number of nitrogens with zero attached hydrogens (tertiary/aromatic N) is 1. The fourth-order valence-electron chi connectivity index (χ4n) is 5.26. The lowest BCUT2D eigenvalue weighted by Gasteiger charge is -2.23. The molecule has 4 rings (SSSR count). The first-order valence-electron chi connectivity index (χ1n) is 16.8. The van der Waals surface area contributed by atoms with Crippen LogP contribution < -0.4 is 5.32 Å². The molecule has 2 heterocycles. The third kappa shape index (κ3) is 12.6. The number of rotatable bonds is 13. The van der Waals surface area contributed by atoms with Gasteiger partial charge in [-0.3, -0.25) is 4.79 Å². The van der Waals surface area contributed by atoms with E-state index in [0.29, 0.717) is 6.42 Å². The van der Waals surface area contributed by atoms with Crippen molar-refractivity contribution in [2.45, 2.75) is 117 Å². The number of allylic oxidation sites excluding steroid dienone is 1. The molecule has 242 valence electrons. The molecule has 2 aromatic carbocycles. The number of hydrogen-bond donors (Lipinski definition) is 1. The van der Waals surface area contributed by atoms with Gasteiger partial charge in [0.1, 0.15) is 0 Å². The van der Waals surface area contributed by atoms with E-state index in [1.165, 1.54) is 83.7 Å². The summed E-state index contributed by atoms with van der Waals surface area (Å²) in [7, 11) is 4.08. The quantitative estimate of drug-likeness (QED) is 0.115. The van der Waals surface area contributed by atoms with Crippen molar-refractivity contribution in [3.8, 4) is 0 Å². The molecule has 0 radical (unpaired) electrons. The van der Waals surface area contributed by atoms with Gasteiger partial charge in [0.25, 0.3) is 0 Å². The van der Waals surface area contributed by atoms with E-state index < -0.39 is 0 Å². The van der Waals surface area contributed by atoms with Crippen molar-refractivity contribution in [3.05, 3.63) is 86.6 Å². The molecule has 44 heavy (non-hydrogen) atoms. The first kappa shape index (κ1) is 37.8. The number of carbonyl (C=O) groups excluding carboxylic acids is 1. The van der Waals surface area contributed by atoms with Crippen LogP contribution in [0.2, 0.25) is 0 Å². The standard InChI is InChI=1S/C19H23NS2.C11H15NO.C9H20/c1-5-16(22-17-9-7-6-8-13(17)2)19-14(3)21-18-12-20(4)11-10-15(18)19;1-3-4-11(13)9-5-7-10(12-2)8-6-9;1-3-5-7-9-8-6-4-2/h5-9H,10-12H2,1-4H3;5-8,12H,3-4H2,1-2H3;3-9H2,1-2H3/b16-5-;;. The first-order valence-corrected chi connectivity index (χ1v) is 18.4. The van der Waals surface area contributed by atoms with E-state index in [1.54, 1.807) is 10.4 Å². The lowest BCUT2D eigenvalue weighted by atomic mass is 10.0. The number of anilines is 1. The van der Waals surface area contributed by atoms with Crippen LogP contribution >= 0.6 is 23.1 Å². The minimum Gasteiger partial charge on any atom is -0.388 e. The van der Waals surface area contributed by atoms with Gasteiger partial charge in [-0.1, -0.05) is 102 Å². The average molecular weight is 635 g/mol. The molecule has 5 heteroatoms. The van der Waals surface area contributed by atoms with E-state index in [4.69, 9.17) is 0 Å². The van der Waals surface area contributed by atoms with Crippen LogP contribution in [0.15, 0.2) is 59.5 Å². The number of thioether (sulfide) groups is 1. The van der Waals surface area contributed by atoms with E-state index in [-0.39, 0.29) is 5.78 Å². The van der Waals surface area contributed by atoms with Crippen molar-refractivity contribution < 1.29 is 4.79 Å². The zero-order chi connectivity index (χ0) is 32.3. The second-order valence-electron chi connectivity index (χ2n) is 11.7. The Morgan fingerprint density at radius 2 is 1.57 bits per heavy atom. The van der Waals surface area contributed by atoms with Crippen molar-refractivity contribution in [1.82, 2.24) is 4.90 Å². The third-order valence-electron chi connectivity index (χ3n) is 7.93. The van der Waals surface area contributed by atoms with Crippen LogP contribution in [-0.4, -0.2) is 31.3 Å². The van der Waals surface area contributed by atoms with Gasteiger partial charge in [0.2, 0.25) is 0 Å². The molecule has 3 aromatic rings. The number of benzene rings is 2. The fourth-order valence-corrected chi connectivity index (χ4v) is 7.75. The average Bonchev–Trinajstić information content (AvgIpc) is 3.36. The Morgan fingerprint density at radius 1 is 0.932 bits per heavy atom. The Hall–Kier alpha value is -2.34. The summed E-state index contributed by atoms with van der Waals surface area (Å²) in [6, 6.07) is 16.2. The zero-order valence-electron chi connectivity index (χ0n) is 28.9. The number of aryl methyl sites for hydroxylation is 2. The SMILES string of the molecule is C/C=C(\Sc1ccccc1C)c1c(C)sc2c1CCN(C)C2.CCCC(=O)c1ccc(NC)cc1.CCCCCCCCC. The Balaban J connectivity index is 0.000000261. The predicted octanol–water partition coefficient (Wildman–Crippen LogP) is 12.0. The van der Waals surface area contributed by atoms with Gasteiger partial charge in [-0.2, -0.15) is 0 Å². The highest BCUT2D eigenvalue weighted by Gasteiger charge is 2.23. The molecule has 0 aliphatic carbocycles. The van der Waals surface area contributed by atoms with Crippen LogP contribution in [0, 0.1) is 13.8 Å². The molecule has 1 aliphatic rings. The number of fused-ring (bicyclic) bond motifs is 1.